The number of hydrogen-bond donors (Lipinski definition) is 1. The Hall–Kier alpha value is -2.45. The Morgan fingerprint density at radius 3 is 2.52 bits per heavy atom. The summed E-state index contributed by atoms with van der Waals surface area (Å²) >= 11 is 2.37. The van der Waals surface area contributed by atoms with Crippen molar-refractivity contribution in [3.8, 4) is 11.5 Å². The van der Waals surface area contributed by atoms with Gasteiger partial charge >= 0.3 is 0 Å². The van der Waals surface area contributed by atoms with Crippen molar-refractivity contribution in [3.63, 3.8) is 0 Å². The summed E-state index contributed by atoms with van der Waals surface area (Å²) in [5, 5.41) is 12.4. The first-order valence-electron chi connectivity index (χ1n) is 8.28. The number of aromatic nitrogens is 2. The fraction of sp³-hybridized carbons (Fsp3) is 0.263. The molecule has 0 bridgehead atoms. The Balaban J connectivity index is 1.56. The van der Waals surface area contributed by atoms with E-state index in [1.165, 1.54) is 16.9 Å². The molecule has 2 heterocycles. The lowest BCUT2D eigenvalue weighted by Crippen LogP contribution is -2.31. The molecule has 2 aromatic heterocycles. The number of nitrogens with zero attached hydrogens (tertiary/aromatic N) is 2. The number of rotatable bonds is 5. The van der Waals surface area contributed by atoms with Crippen LogP contribution >= 0.6 is 23.1 Å². The van der Waals surface area contributed by atoms with Crippen LogP contribution in [0, 0.1) is 0 Å². The monoisotopic (exact) mass is 401 g/mol. The fourth-order valence-electron chi connectivity index (χ4n) is 2.26. The first kappa shape index (κ1) is 19.3. The van der Waals surface area contributed by atoms with Gasteiger partial charge in [0.1, 0.15) is 0 Å². The van der Waals surface area contributed by atoms with E-state index < -0.39 is 11.8 Å². The smallest absolute Gasteiger partial charge is 0.277 e. The Morgan fingerprint density at radius 1 is 1.15 bits per heavy atom. The Bertz CT molecular complexity index is 926. The molecule has 0 aliphatic heterocycles. The molecule has 0 saturated carbocycles. The van der Waals surface area contributed by atoms with Crippen LogP contribution in [-0.4, -0.2) is 27.8 Å². The lowest BCUT2D eigenvalue weighted by molar-refractivity contribution is -0.117. The maximum atomic E-state index is 11.9. The largest absolute Gasteiger partial charge is 0.411 e. The van der Waals surface area contributed by atoms with E-state index in [9.17, 15) is 9.59 Å². The average molecular weight is 402 g/mol. The van der Waals surface area contributed by atoms with E-state index in [1.807, 2.05) is 24.3 Å². The van der Waals surface area contributed by atoms with Gasteiger partial charge in [0.2, 0.25) is 11.8 Å². The molecular weight excluding hydrogens is 382 g/mol. The summed E-state index contributed by atoms with van der Waals surface area (Å²) in [6.07, 6.45) is 0. The third-order valence-electron chi connectivity index (χ3n) is 3.73. The Labute approximate surface area is 165 Å². The summed E-state index contributed by atoms with van der Waals surface area (Å²) < 4.78 is 5.60. The Kier molecular flexibility index (Phi) is 5.76. The highest BCUT2D eigenvalue weighted by Crippen LogP contribution is 2.27. The minimum atomic E-state index is -0.410. The summed E-state index contributed by atoms with van der Waals surface area (Å²) in [6.45, 7) is 6.45. The summed E-state index contributed by atoms with van der Waals surface area (Å²) in [7, 11) is 0. The molecule has 0 spiro atoms. The van der Waals surface area contributed by atoms with Crippen LogP contribution < -0.4 is 5.32 Å². The van der Waals surface area contributed by atoms with Crippen LogP contribution in [0.1, 0.15) is 36.0 Å². The molecule has 0 atom stereocenters. The second-order valence-corrected chi connectivity index (χ2v) is 8.72. The molecule has 3 rings (SSSR count). The zero-order valence-electron chi connectivity index (χ0n) is 15.2. The minimum Gasteiger partial charge on any atom is -0.411 e. The fourth-order valence-corrected chi connectivity index (χ4v) is 3.44. The van der Waals surface area contributed by atoms with Gasteiger partial charge in [0.15, 0.2) is 0 Å². The molecule has 0 radical (unpaired) electrons. The maximum Gasteiger partial charge on any atom is 0.277 e. The second-order valence-electron chi connectivity index (χ2n) is 6.84. The molecule has 6 nitrogen and oxygen atoms in total. The van der Waals surface area contributed by atoms with Crippen molar-refractivity contribution < 1.29 is 14.0 Å². The van der Waals surface area contributed by atoms with Crippen LogP contribution in [-0.2, 0) is 10.2 Å². The van der Waals surface area contributed by atoms with Crippen molar-refractivity contribution in [2.24, 2.45) is 0 Å². The van der Waals surface area contributed by atoms with E-state index in [0.29, 0.717) is 10.8 Å². The van der Waals surface area contributed by atoms with Crippen LogP contribution in [0.25, 0.3) is 11.5 Å². The average Bonchev–Trinajstić information content (AvgIpc) is 3.31. The predicted octanol–water partition coefficient (Wildman–Crippen LogP) is 4.14. The number of thioether (sulfide) groups is 1. The molecule has 1 N–H and O–H groups in total. The topological polar surface area (TPSA) is 85.1 Å². The summed E-state index contributed by atoms with van der Waals surface area (Å²) in [6, 6.07) is 11.4. The Morgan fingerprint density at radius 2 is 1.89 bits per heavy atom. The standard InChI is InChI=1S/C19H19N3O3S2/c1-19(2,3)13-8-6-12(7-9-13)17-21-22-18(25-17)27-11-15(23)20-16(24)14-5-4-10-26-14/h4-10H,11H2,1-3H3,(H,20,23,24). The molecule has 0 aliphatic rings. The van der Waals surface area contributed by atoms with E-state index in [0.717, 1.165) is 17.3 Å². The lowest BCUT2D eigenvalue weighted by atomic mass is 9.87. The zero-order chi connectivity index (χ0) is 19.4. The van der Waals surface area contributed by atoms with Gasteiger partial charge < -0.3 is 4.42 Å². The van der Waals surface area contributed by atoms with E-state index in [1.54, 1.807) is 17.5 Å². The van der Waals surface area contributed by atoms with Crippen LogP contribution in [0.15, 0.2) is 51.4 Å². The third kappa shape index (κ3) is 5.05. The van der Waals surface area contributed by atoms with Gasteiger partial charge in [0.05, 0.1) is 10.6 Å². The minimum absolute atomic E-state index is 0.0156. The zero-order valence-corrected chi connectivity index (χ0v) is 16.8. The number of nitrogens with one attached hydrogen (secondary N) is 1. The van der Waals surface area contributed by atoms with E-state index >= 15 is 0 Å². The van der Waals surface area contributed by atoms with Gasteiger partial charge in [-0.2, -0.15) is 0 Å². The normalized spacial score (nSPS) is 11.4. The number of amides is 2. The molecule has 27 heavy (non-hydrogen) atoms. The lowest BCUT2D eigenvalue weighted by Gasteiger charge is -2.18. The van der Waals surface area contributed by atoms with Gasteiger partial charge in [-0.25, -0.2) is 0 Å². The molecule has 3 aromatic rings. The highest BCUT2D eigenvalue weighted by Gasteiger charge is 2.16. The number of thiophene rings is 1. The van der Waals surface area contributed by atoms with E-state index in [-0.39, 0.29) is 16.4 Å². The summed E-state index contributed by atoms with van der Waals surface area (Å²) in [5.74, 6) is -0.400. The first-order valence-corrected chi connectivity index (χ1v) is 10.1. The number of imide groups is 1. The molecule has 0 saturated heterocycles. The highest BCUT2D eigenvalue weighted by atomic mass is 32.2. The maximum absolute atomic E-state index is 11.9. The van der Waals surface area contributed by atoms with Crippen molar-refractivity contribution in [3.05, 3.63) is 52.2 Å². The van der Waals surface area contributed by atoms with E-state index in [4.69, 9.17) is 4.42 Å². The van der Waals surface area contributed by atoms with Crippen molar-refractivity contribution in [2.75, 3.05) is 5.75 Å². The van der Waals surface area contributed by atoms with Gasteiger partial charge in [-0.15, -0.1) is 21.5 Å². The molecule has 0 unspecified atom stereocenters. The molecule has 0 aliphatic carbocycles. The van der Waals surface area contributed by atoms with Crippen LogP contribution in [0.4, 0.5) is 0 Å². The van der Waals surface area contributed by atoms with Gasteiger partial charge in [-0.1, -0.05) is 50.7 Å². The number of carbonyl (C=O) groups is 2. The van der Waals surface area contributed by atoms with Gasteiger partial charge in [-0.05, 0) is 34.6 Å². The number of hydrogen-bond acceptors (Lipinski definition) is 7. The second kappa shape index (κ2) is 8.06. The molecular formula is C19H19N3O3S2. The van der Waals surface area contributed by atoms with Crippen LogP contribution in [0.3, 0.4) is 0 Å². The molecule has 140 valence electrons. The molecule has 8 heteroatoms. The number of benzene rings is 1. The number of carbonyl (C=O) groups excluding carboxylic acids is 2. The van der Waals surface area contributed by atoms with Gasteiger partial charge in [0, 0.05) is 5.56 Å². The van der Waals surface area contributed by atoms with Crippen molar-refractivity contribution in [1.29, 1.82) is 0 Å². The van der Waals surface area contributed by atoms with Crippen LogP contribution in [0.5, 0.6) is 0 Å². The quantitative estimate of drug-likeness (QED) is 0.647. The molecule has 0 fully saturated rings. The van der Waals surface area contributed by atoms with Gasteiger partial charge in [0.25, 0.3) is 11.1 Å². The van der Waals surface area contributed by atoms with Crippen molar-refractivity contribution in [2.45, 2.75) is 31.4 Å². The van der Waals surface area contributed by atoms with Crippen LogP contribution in [0.2, 0.25) is 0 Å². The van der Waals surface area contributed by atoms with Crippen molar-refractivity contribution in [1.82, 2.24) is 15.5 Å². The van der Waals surface area contributed by atoms with Gasteiger partial charge in [-0.3, -0.25) is 14.9 Å². The third-order valence-corrected chi connectivity index (χ3v) is 5.42. The summed E-state index contributed by atoms with van der Waals surface area (Å²) in [4.78, 5) is 24.2. The van der Waals surface area contributed by atoms with Crippen molar-refractivity contribution >= 4 is 34.9 Å². The van der Waals surface area contributed by atoms with E-state index in [2.05, 4.69) is 36.3 Å². The molecule has 1 aromatic carbocycles. The molecule has 2 amide bonds. The first-order chi connectivity index (χ1) is 12.8. The SMILES string of the molecule is CC(C)(C)c1ccc(-c2nnc(SCC(=O)NC(=O)c3cccs3)o2)cc1. The summed E-state index contributed by atoms with van der Waals surface area (Å²) in [5.41, 5.74) is 2.11. The predicted molar refractivity (Wildman–Crippen MR) is 106 cm³/mol. The highest BCUT2D eigenvalue weighted by molar-refractivity contribution is 7.99.